The maximum absolute atomic E-state index is 12.8. The average Bonchev–Trinajstić information content (AvgIpc) is 2.42. The summed E-state index contributed by atoms with van der Waals surface area (Å²) < 4.78 is 18.4. The molecule has 100 valence electrons. The van der Waals surface area contributed by atoms with Gasteiger partial charge < -0.3 is 10.1 Å². The molecule has 0 aliphatic heterocycles. The Balaban J connectivity index is 2.12. The van der Waals surface area contributed by atoms with E-state index in [1.54, 1.807) is 18.3 Å². The predicted octanol–water partition coefficient (Wildman–Crippen LogP) is 3.68. The number of pyridine rings is 1. The Bertz CT molecular complexity index is 528. The van der Waals surface area contributed by atoms with Gasteiger partial charge in [-0.25, -0.2) is 9.37 Å². The van der Waals surface area contributed by atoms with E-state index in [0.717, 1.165) is 12.1 Å². The number of nitrogens with zero attached hydrogens (tertiary/aromatic N) is 1. The van der Waals surface area contributed by atoms with Crippen LogP contribution >= 0.6 is 0 Å². The largest absolute Gasteiger partial charge is 0.439 e. The molecule has 1 unspecified atom stereocenters. The van der Waals surface area contributed by atoms with Crippen LogP contribution in [0.25, 0.3) is 0 Å². The molecule has 19 heavy (non-hydrogen) atoms. The van der Waals surface area contributed by atoms with Crippen molar-refractivity contribution < 1.29 is 9.13 Å². The smallest absolute Gasteiger partial charge is 0.219 e. The summed E-state index contributed by atoms with van der Waals surface area (Å²) in [5.74, 6) is 0.797. The van der Waals surface area contributed by atoms with Gasteiger partial charge in [-0.1, -0.05) is 6.92 Å². The summed E-state index contributed by atoms with van der Waals surface area (Å²) in [5, 5.41) is 3.33. The Labute approximate surface area is 112 Å². The second-order valence-electron chi connectivity index (χ2n) is 4.26. The van der Waals surface area contributed by atoms with Crippen molar-refractivity contribution in [3.05, 3.63) is 54.0 Å². The van der Waals surface area contributed by atoms with Crippen molar-refractivity contribution in [1.82, 2.24) is 10.3 Å². The van der Waals surface area contributed by atoms with E-state index in [9.17, 15) is 4.39 Å². The zero-order chi connectivity index (χ0) is 13.7. The first kappa shape index (κ1) is 13.5. The second kappa shape index (κ2) is 6.29. The topological polar surface area (TPSA) is 34.2 Å². The molecule has 1 atom stereocenters. The SMILES string of the molecule is CCNC(C)c1ccnc(Oc2ccc(F)cc2)c1. The van der Waals surface area contributed by atoms with Gasteiger partial charge in [0.25, 0.3) is 0 Å². The van der Waals surface area contributed by atoms with Gasteiger partial charge in [0.1, 0.15) is 11.6 Å². The van der Waals surface area contributed by atoms with Crippen LogP contribution in [-0.4, -0.2) is 11.5 Å². The molecule has 2 aromatic rings. The highest BCUT2D eigenvalue weighted by Gasteiger charge is 2.06. The van der Waals surface area contributed by atoms with E-state index in [1.807, 2.05) is 12.1 Å². The number of benzene rings is 1. The van der Waals surface area contributed by atoms with Crippen molar-refractivity contribution in [1.29, 1.82) is 0 Å². The van der Waals surface area contributed by atoms with Crippen molar-refractivity contribution in [2.75, 3.05) is 6.54 Å². The van der Waals surface area contributed by atoms with Crippen LogP contribution in [-0.2, 0) is 0 Å². The number of hydrogen-bond donors (Lipinski definition) is 1. The molecule has 0 bridgehead atoms. The Kier molecular flexibility index (Phi) is 4.47. The molecular weight excluding hydrogens is 243 g/mol. The van der Waals surface area contributed by atoms with E-state index >= 15 is 0 Å². The summed E-state index contributed by atoms with van der Waals surface area (Å²) >= 11 is 0. The molecule has 0 saturated heterocycles. The van der Waals surface area contributed by atoms with Crippen molar-refractivity contribution in [3.63, 3.8) is 0 Å². The number of halogens is 1. The van der Waals surface area contributed by atoms with E-state index in [2.05, 4.69) is 24.1 Å². The standard InChI is InChI=1S/C15H17FN2O/c1-3-17-11(2)12-8-9-18-15(10-12)19-14-6-4-13(16)5-7-14/h4-11,17H,3H2,1-2H3. The Hall–Kier alpha value is -1.94. The van der Waals surface area contributed by atoms with Crippen LogP contribution in [0.15, 0.2) is 42.6 Å². The number of rotatable bonds is 5. The zero-order valence-electron chi connectivity index (χ0n) is 11.1. The summed E-state index contributed by atoms with van der Waals surface area (Å²) in [4.78, 5) is 4.16. The van der Waals surface area contributed by atoms with Crippen molar-refractivity contribution in [2.24, 2.45) is 0 Å². The number of aromatic nitrogens is 1. The normalized spacial score (nSPS) is 12.2. The minimum Gasteiger partial charge on any atom is -0.439 e. The lowest BCUT2D eigenvalue weighted by Crippen LogP contribution is -2.17. The first-order chi connectivity index (χ1) is 9.19. The Morgan fingerprint density at radius 3 is 2.68 bits per heavy atom. The minimum atomic E-state index is -0.283. The summed E-state index contributed by atoms with van der Waals surface area (Å²) in [6, 6.07) is 9.96. The van der Waals surface area contributed by atoms with Gasteiger partial charge in [0.15, 0.2) is 0 Å². The minimum absolute atomic E-state index is 0.239. The van der Waals surface area contributed by atoms with E-state index in [4.69, 9.17) is 4.74 Å². The van der Waals surface area contributed by atoms with Crippen molar-refractivity contribution >= 4 is 0 Å². The van der Waals surface area contributed by atoms with Gasteiger partial charge in [0.2, 0.25) is 5.88 Å². The van der Waals surface area contributed by atoms with Crippen LogP contribution in [0.2, 0.25) is 0 Å². The molecule has 0 radical (unpaired) electrons. The highest BCUT2D eigenvalue weighted by Crippen LogP contribution is 2.22. The number of hydrogen-bond acceptors (Lipinski definition) is 3. The fourth-order valence-corrected chi connectivity index (χ4v) is 1.80. The molecule has 0 saturated carbocycles. The van der Waals surface area contributed by atoms with E-state index in [0.29, 0.717) is 11.6 Å². The van der Waals surface area contributed by atoms with E-state index in [-0.39, 0.29) is 11.9 Å². The number of nitrogens with one attached hydrogen (secondary N) is 1. The third kappa shape index (κ3) is 3.76. The molecular formula is C15H17FN2O. The molecule has 0 spiro atoms. The molecule has 1 N–H and O–H groups in total. The molecule has 0 aliphatic rings. The fraction of sp³-hybridized carbons (Fsp3) is 0.267. The van der Waals surface area contributed by atoms with Crippen LogP contribution in [0, 0.1) is 5.82 Å². The summed E-state index contributed by atoms with van der Waals surface area (Å²) in [7, 11) is 0. The van der Waals surface area contributed by atoms with Crippen LogP contribution in [0.4, 0.5) is 4.39 Å². The van der Waals surface area contributed by atoms with Crippen LogP contribution < -0.4 is 10.1 Å². The van der Waals surface area contributed by atoms with Gasteiger partial charge in [-0.15, -0.1) is 0 Å². The summed E-state index contributed by atoms with van der Waals surface area (Å²) in [6.07, 6.45) is 1.71. The van der Waals surface area contributed by atoms with Crippen LogP contribution in [0.1, 0.15) is 25.5 Å². The zero-order valence-corrected chi connectivity index (χ0v) is 11.1. The lowest BCUT2D eigenvalue weighted by atomic mass is 10.1. The molecule has 1 aromatic carbocycles. The molecule has 0 aliphatic carbocycles. The van der Waals surface area contributed by atoms with Crippen LogP contribution in [0.5, 0.6) is 11.6 Å². The molecule has 0 fully saturated rings. The van der Waals surface area contributed by atoms with Gasteiger partial charge in [-0.3, -0.25) is 0 Å². The molecule has 0 amide bonds. The third-order valence-electron chi connectivity index (χ3n) is 2.81. The van der Waals surface area contributed by atoms with Gasteiger partial charge >= 0.3 is 0 Å². The first-order valence-electron chi connectivity index (χ1n) is 6.32. The second-order valence-corrected chi connectivity index (χ2v) is 4.26. The maximum atomic E-state index is 12.8. The molecule has 1 aromatic heterocycles. The number of ether oxygens (including phenoxy) is 1. The van der Waals surface area contributed by atoms with Gasteiger partial charge in [-0.05, 0) is 49.4 Å². The molecule has 3 nitrogen and oxygen atoms in total. The summed E-state index contributed by atoms with van der Waals surface area (Å²) in [6.45, 7) is 5.05. The van der Waals surface area contributed by atoms with E-state index < -0.39 is 0 Å². The Morgan fingerprint density at radius 1 is 1.26 bits per heavy atom. The van der Waals surface area contributed by atoms with Crippen molar-refractivity contribution in [2.45, 2.75) is 19.9 Å². The third-order valence-corrected chi connectivity index (χ3v) is 2.81. The first-order valence-corrected chi connectivity index (χ1v) is 6.32. The predicted molar refractivity (Wildman–Crippen MR) is 72.8 cm³/mol. The lowest BCUT2D eigenvalue weighted by molar-refractivity contribution is 0.458. The highest BCUT2D eigenvalue weighted by molar-refractivity contribution is 5.30. The molecule has 1 heterocycles. The summed E-state index contributed by atoms with van der Waals surface area (Å²) in [5.41, 5.74) is 1.11. The fourth-order valence-electron chi connectivity index (χ4n) is 1.80. The Morgan fingerprint density at radius 2 is 2.00 bits per heavy atom. The monoisotopic (exact) mass is 260 g/mol. The van der Waals surface area contributed by atoms with Gasteiger partial charge in [0, 0.05) is 18.3 Å². The maximum Gasteiger partial charge on any atom is 0.219 e. The van der Waals surface area contributed by atoms with Gasteiger partial charge in [-0.2, -0.15) is 0 Å². The van der Waals surface area contributed by atoms with Crippen molar-refractivity contribution in [3.8, 4) is 11.6 Å². The lowest BCUT2D eigenvalue weighted by Gasteiger charge is -2.13. The van der Waals surface area contributed by atoms with E-state index in [1.165, 1.54) is 12.1 Å². The molecule has 4 heteroatoms. The average molecular weight is 260 g/mol. The quantitative estimate of drug-likeness (QED) is 0.890. The van der Waals surface area contributed by atoms with Crippen LogP contribution in [0.3, 0.4) is 0 Å². The highest BCUT2D eigenvalue weighted by atomic mass is 19.1. The molecule has 2 rings (SSSR count). The van der Waals surface area contributed by atoms with Gasteiger partial charge in [0.05, 0.1) is 0 Å².